The van der Waals surface area contributed by atoms with Gasteiger partial charge in [0.1, 0.15) is 0 Å². The number of rotatable bonds is 7. The number of pyridine rings is 1. The highest BCUT2D eigenvalue weighted by Crippen LogP contribution is 2.45. The van der Waals surface area contributed by atoms with Crippen molar-refractivity contribution in [3.05, 3.63) is 53.7 Å². The van der Waals surface area contributed by atoms with E-state index in [1.165, 1.54) is 12.0 Å². The van der Waals surface area contributed by atoms with Gasteiger partial charge in [0.15, 0.2) is 16.6 Å². The Morgan fingerprint density at radius 3 is 2.83 bits per heavy atom. The highest BCUT2D eigenvalue weighted by atomic mass is 32.1. The standard InChI is InChI=1S/C24H27N3O2S/c1-29-24(12-6-13-24)18-15-21-22(25-16-18)26-23(30-21)27-14-5-9-19(27)20(28)11-10-17-7-3-2-4-8-17/h2-4,7-8,15-16,19H,5-6,9-14H2,1H3/t19-/m1/s1. The lowest BCUT2D eigenvalue weighted by Crippen LogP contribution is -2.36. The average Bonchev–Trinajstić information content (AvgIpc) is 3.39. The van der Waals surface area contributed by atoms with Gasteiger partial charge in [-0.05, 0) is 50.2 Å². The number of nitrogens with zero attached hydrogens (tertiary/aromatic N) is 3. The van der Waals surface area contributed by atoms with Crippen LogP contribution in [0.2, 0.25) is 0 Å². The van der Waals surface area contributed by atoms with Gasteiger partial charge in [-0.25, -0.2) is 4.98 Å². The van der Waals surface area contributed by atoms with E-state index in [0.717, 1.165) is 59.7 Å². The van der Waals surface area contributed by atoms with Gasteiger partial charge in [0.2, 0.25) is 0 Å². The monoisotopic (exact) mass is 421 g/mol. The number of carbonyl (C=O) groups is 1. The molecular formula is C24H27N3O2S. The molecule has 2 aliphatic rings. The lowest BCUT2D eigenvalue weighted by molar-refractivity contribution is -0.120. The zero-order valence-electron chi connectivity index (χ0n) is 17.3. The number of thiazole rings is 1. The quantitative estimate of drug-likeness (QED) is 0.544. The summed E-state index contributed by atoms with van der Waals surface area (Å²) in [5.41, 5.74) is 2.97. The SMILES string of the molecule is COC1(c2cnc3nc(N4CCC[C@@H]4C(=O)CCc4ccccc4)sc3c2)CCC1. The van der Waals surface area contributed by atoms with Crippen LogP contribution in [0.15, 0.2) is 42.6 Å². The van der Waals surface area contributed by atoms with E-state index in [2.05, 4.69) is 28.1 Å². The zero-order valence-corrected chi connectivity index (χ0v) is 18.2. The number of aryl methyl sites for hydroxylation is 1. The summed E-state index contributed by atoms with van der Waals surface area (Å²) in [6.45, 7) is 0.885. The van der Waals surface area contributed by atoms with Gasteiger partial charge in [0.05, 0.1) is 16.3 Å². The fraction of sp³-hybridized carbons (Fsp3) is 0.458. The van der Waals surface area contributed by atoms with E-state index in [9.17, 15) is 4.79 Å². The molecule has 0 radical (unpaired) electrons. The number of ether oxygens (including phenoxy) is 1. The molecule has 1 saturated carbocycles. The van der Waals surface area contributed by atoms with Gasteiger partial charge in [0, 0.05) is 31.8 Å². The Kier molecular flexibility index (Phi) is 5.29. The Labute approximate surface area is 181 Å². The van der Waals surface area contributed by atoms with Crippen LogP contribution in [0.3, 0.4) is 0 Å². The van der Waals surface area contributed by atoms with Crippen molar-refractivity contribution in [1.82, 2.24) is 9.97 Å². The fourth-order valence-electron chi connectivity index (χ4n) is 4.70. The maximum atomic E-state index is 13.0. The Balaban J connectivity index is 1.34. The number of hydrogen-bond acceptors (Lipinski definition) is 6. The van der Waals surface area contributed by atoms with Crippen molar-refractivity contribution in [3.63, 3.8) is 0 Å². The normalized spacial score (nSPS) is 20.4. The first-order chi connectivity index (χ1) is 14.7. The molecule has 1 atom stereocenters. The van der Waals surface area contributed by atoms with Crippen LogP contribution in [0.4, 0.5) is 5.13 Å². The molecule has 0 spiro atoms. The van der Waals surface area contributed by atoms with Crippen molar-refractivity contribution >= 4 is 32.6 Å². The molecule has 3 heterocycles. The first-order valence-corrected chi connectivity index (χ1v) is 11.7. The van der Waals surface area contributed by atoms with Gasteiger partial charge >= 0.3 is 0 Å². The van der Waals surface area contributed by atoms with E-state index in [-0.39, 0.29) is 11.6 Å². The predicted octanol–water partition coefficient (Wildman–Crippen LogP) is 4.89. The van der Waals surface area contributed by atoms with E-state index in [0.29, 0.717) is 12.2 Å². The minimum Gasteiger partial charge on any atom is -0.373 e. The number of aromatic nitrogens is 2. The summed E-state index contributed by atoms with van der Waals surface area (Å²) >= 11 is 1.65. The van der Waals surface area contributed by atoms with Crippen molar-refractivity contribution in [1.29, 1.82) is 0 Å². The molecule has 5 rings (SSSR count). The number of hydrogen-bond donors (Lipinski definition) is 0. The van der Waals surface area contributed by atoms with Crippen LogP contribution in [-0.2, 0) is 21.6 Å². The highest BCUT2D eigenvalue weighted by Gasteiger charge is 2.39. The Hall–Kier alpha value is -2.31. The molecule has 3 aromatic rings. The Morgan fingerprint density at radius 2 is 2.10 bits per heavy atom. The number of fused-ring (bicyclic) bond motifs is 1. The summed E-state index contributed by atoms with van der Waals surface area (Å²) in [5.74, 6) is 0.317. The molecule has 2 aromatic heterocycles. The molecule has 0 amide bonds. The topological polar surface area (TPSA) is 55.3 Å². The minimum absolute atomic E-state index is 0.0642. The molecule has 1 aliphatic heterocycles. The molecule has 30 heavy (non-hydrogen) atoms. The second-order valence-corrected chi connectivity index (χ2v) is 9.41. The lowest BCUT2D eigenvalue weighted by atomic mass is 9.75. The number of benzene rings is 1. The summed E-state index contributed by atoms with van der Waals surface area (Å²) in [6, 6.07) is 12.4. The van der Waals surface area contributed by atoms with Gasteiger partial charge in [0.25, 0.3) is 0 Å². The number of carbonyl (C=O) groups excluding carboxylic acids is 1. The van der Waals surface area contributed by atoms with Gasteiger partial charge in [-0.2, -0.15) is 4.98 Å². The number of methoxy groups -OCH3 is 1. The fourth-order valence-corrected chi connectivity index (χ4v) is 5.74. The van der Waals surface area contributed by atoms with E-state index in [1.807, 2.05) is 24.4 Å². The number of ketones is 1. The van der Waals surface area contributed by atoms with Gasteiger partial charge < -0.3 is 9.64 Å². The predicted molar refractivity (Wildman–Crippen MR) is 120 cm³/mol. The summed E-state index contributed by atoms with van der Waals surface area (Å²) in [7, 11) is 1.79. The third kappa shape index (κ3) is 3.52. The molecule has 5 nitrogen and oxygen atoms in total. The largest absolute Gasteiger partial charge is 0.373 e. The number of Topliss-reactive ketones (excluding diaryl/α,β-unsaturated/α-hetero) is 1. The summed E-state index contributed by atoms with van der Waals surface area (Å²) in [6.07, 6.45) is 8.53. The van der Waals surface area contributed by atoms with Crippen molar-refractivity contribution in [2.24, 2.45) is 0 Å². The minimum atomic E-state index is -0.172. The molecule has 2 fully saturated rings. The van der Waals surface area contributed by atoms with Crippen LogP contribution in [0.1, 0.15) is 49.7 Å². The first kappa shape index (κ1) is 19.6. The van der Waals surface area contributed by atoms with Gasteiger partial charge in [-0.1, -0.05) is 41.7 Å². The summed E-state index contributed by atoms with van der Waals surface area (Å²) in [4.78, 5) is 24.6. The van der Waals surface area contributed by atoms with E-state index < -0.39 is 0 Å². The third-order valence-corrected chi connectivity index (χ3v) is 7.72. The van der Waals surface area contributed by atoms with E-state index in [4.69, 9.17) is 9.72 Å². The zero-order chi connectivity index (χ0) is 20.6. The molecule has 0 unspecified atom stereocenters. The van der Waals surface area contributed by atoms with Crippen LogP contribution in [0.25, 0.3) is 10.3 Å². The summed E-state index contributed by atoms with van der Waals surface area (Å²) in [5, 5.41) is 0.922. The second-order valence-electron chi connectivity index (χ2n) is 8.40. The molecule has 1 aliphatic carbocycles. The van der Waals surface area contributed by atoms with Crippen LogP contribution >= 0.6 is 11.3 Å². The third-order valence-electron chi connectivity index (χ3n) is 6.69. The maximum Gasteiger partial charge on any atom is 0.188 e. The van der Waals surface area contributed by atoms with Gasteiger partial charge in [-0.3, -0.25) is 4.79 Å². The van der Waals surface area contributed by atoms with Crippen LogP contribution in [0, 0.1) is 0 Å². The van der Waals surface area contributed by atoms with E-state index in [1.54, 1.807) is 18.4 Å². The van der Waals surface area contributed by atoms with Crippen LogP contribution in [0.5, 0.6) is 0 Å². The molecule has 1 aromatic carbocycles. The highest BCUT2D eigenvalue weighted by molar-refractivity contribution is 7.22. The van der Waals surface area contributed by atoms with Crippen molar-refractivity contribution in [2.45, 2.75) is 56.6 Å². The van der Waals surface area contributed by atoms with E-state index >= 15 is 0 Å². The first-order valence-electron chi connectivity index (χ1n) is 10.8. The van der Waals surface area contributed by atoms with Crippen molar-refractivity contribution in [2.75, 3.05) is 18.6 Å². The van der Waals surface area contributed by atoms with Gasteiger partial charge in [-0.15, -0.1) is 0 Å². The summed E-state index contributed by atoms with van der Waals surface area (Å²) < 4.78 is 6.89. The molecular weight excluding hydrogens is 394 g/mol. The molecule has 6 heteroatoms. The maximum absolute atomic E-state index is 13.0. The van der Waals surface area contributed by atoms with Crippen molar-refractivity contribution in [3.8, 4) is 0 Å². The van der Waals surface area contributed by atoms with Crippen LogP contribution in [-0.4, -0.2) is 35.4 Å². The second kappa shape index (κ2) is 8.08. The average molecular weight is 422 g/mol. The Bertz CT molecular complexity index is 1040. The number of anilines is 1. The molecule has 0 N–H and O–H groups in total. The molecule has 1 saturated heterocycles. The molecule has 0 bridgehead atoms. The Morgan fingerprint density at radius 1 is 1.27 bits per heavy atom. The van der Waals surface area contributed by atoms with Crippen LogP contribution < -0.4 is 4.90 Å². The van der Waals surface area contributed by atoms with Crippen molar-refractivity contribution < 1.29 is 9.53 Å². The smallest absolute Gasteiger partial charge is 0.188 e. The lowest BCUT2D eigenvalue weighted by Gasteiger charge is -2.40. The molecule has 156 valence electrons.